The van der Waals surface area contributed by atoms with Gasteiger partial charge in [0.2, 0.25) is 5.91 Å². The molecule has 3 atom stereocenters. The Morgan fingerprint density at radius 3 is 2.65 bits per heavy atom. The Labute approximate surface area is 122 Å². The number of hydrogen-bond acceptors (Lipinski definition) is 4. The standard InChI is InChI=1S/C12H21N3O4S/c1-20-8-4-2-3-7(5-8)14-12(19)15-9(11(17)18)6-10(13)16/h7-9H,2-6H2,1H3,(H2,13,16)(H,17,18)(H2,14,15,19). The molecule has 1 rings (SSSR count). The SMILES string of the molecule is CSC1CCCC(NC(=O)NC(CC(N)=O)C(=O)O)C1. The summed E-state index contributed by atoms with van der Waals surface area (Å²) in [6, 6.07) is -1.80. The first-order valence-corrected chi connectivity index (χ1v) is 7.82. The van der Waals surface area contributed by atoms with E-state index in [2.05, 4.69) is 10.6 Å². The van der Waals surface area contributed by atoms with E-state index in [1.807, 2.05) is 6.26 Å². The van der Waals surface area contributed by atoms with Gasteiger partial charge in [-0.3, -0.25) is 4.79 Å². The summed E-state index contributed by atoms with van der Waals surface area (Å²) < 4.78 is 0. The maximum absolute atomic E-state index is 11.8. The quantitative estimate of drug-likeness (QED) is 0.562. The molecule has 0 spiro atoms. The van der Waals surface area contributed by atoms with Crippen LogP contribution in [-0.4, -0.2) is 46.6 Å². The molecule has 20 heavy (non-hydrogen) atoms. The number of amides is 3. The molecule has 3 unspecified atom stereocenters. The van der Waals surface area contributed by atoms with Gasteiger partial charge >= 0.3 is 12.0 Å². The maximum Gasteiger partial charge on any atom is 0.326 e. The summed E-state index contributed by atoms with van der Waals surface area (Å²) in [5.41, 5.74) is 4.95. The maximum atomic E-state index is 11.8. The first kappa shape index (κ1) is 16.6. The second-order valence-electron chi connectivity index (χ2n) is 4.90. The van der Waals surface area contributed by atoms with Gasteiger partial charge in [0.15, 0.2) is 0 Å². The van der Waals surface area contributed by atoms with Gasteiger partial charge in [0.25, 0.3) is 0 Å². The summed E-state index contributed by atoms with van der Waals surface area (Å²) in [4.78, 5) is 33.4. The minimum absolute atomic E-state index is 0.0456. The molecule has 8 heteroatoms. The molecule has 0 radical (unpaired) electrons. The number of hydrogen-bond donors (Lipinski definition) is 4. The number of rotatable bonds is 6. The van der Waals surface area contributed by atoms with Gasteiger partial charge in [-0.15, -0.1) is 0 Å². The second-order valence-corrected chi connectivity index (χ2v) is 6.04. The van der Waals surface area contributed by atoms with E-state index < -0.39 is 30.4 Å². The number of carboxylic acid groups (broad SMARTS) is 1. The molecule has 5 N–H and O–H groups in total. The molecule has 1 saturated carbocycles. The van der Waals surface area contributed by atoms with Gasteiger partial charge in [-0.2, -0.15) is 11.8 Å². The lowest BCUT2D eigenvalue weighted by atomic mass is 9.95. The van der Waals surface area contributed by atoms with Crippen molar-refractivity contribution in [3.63, 3.8) is 0 Å². The second kappa shape index (κ2) is 7.98. The summed E-state index contributed by atoms with van der Waals surface area (Å²) in [7, 11) is 0. The summed E-state index contributed by atoms with van der Waals surface area (Å²) in [6.45, 7) is 0. The van der Waals surface area contributed by atoms with Crippen molar-refractivity contribution < 1.29 is 19.5 Å². The molecule has 0 heterocycles. The summed E-state index contributed by atoms with van der Waals surface area (Å²) in [6.07, 6.45) is 5.57. The van der Waals surface area contributed by atoms with Gasteiger partial charge in [-0.05, 0) is 25.5 Å². The minimum Gasteiger partial charge on any atom is -0.480 e. The number of carbonyl (C=O) groups is 3. The Hall–Kier alpha value is -1.44. The molecule has 0 aromatic carbocycles. The molecule has 1 fully saturated rings. The molecule has 114 valence electrons. The minimum atomic E-state index is -1.28. The zero-order chi connectivity index (χ0) is 15.1. The van der Waals surface area contributed by atoms with Crippen molar-refractivity contribution in [3.8, 4) is 0 Å². The monoisotopic (exact) mass is 303 g/mol. The van der Waals surface area contributed by atoms with Crippen molar-refractivity contribution in [1.29, 1.82) is 0 Å². The average Bonchev–Trinajstić information content (AvgIpc) is 2.37. The number of thioether (sulfide) groups is 1. The lowest BCUT2D eigenvalue weighted by Crippen LogP contribution is -2.51. The first-order chi connectivity index (χ1) is 9.42. The number of nitrogens with two attached hydrogens (primary N) is 1. The molecular formula is C12H21N3O4S. The molecule has 0 saturated heterocycles. The van der Waals surface area contributed by atoms with Crippen LogP contribution in [-0.2, 0) is 9.59 Å². The van der Waals surface area contributed by atoms with Crippen molar-refractivity contribution in [1.82, 2.24) is 10.6 Å². The van der Waals surface area contributed by atoms with Crippen LogP contribution in [0.25, 0.3) is 0 Å². The fourth-order valence-corrected chi connectivity index (χ4v) is 3.10. The van der Waals surface area contributed by atoms with Crippen LogP contribution in [0.2, 0.25) is 0 Å². The Morgan fingerprint density at radius 1 is 1.40 bits per heavy atom. The van der Waals surface area contributed by atoms with Gasteiger partial charge in [0.1, 0.15) is 6.04 Å². The van der Waals surface area contributed by atoms with Crippen molar-refractivity contribution in [3.05, 3.63) is 0 Å². The number of nitrogens with one attached hydrogen (secondary N) is 2. The molecule has 1 aliphatic carbocycles. The van der Waals surface area contributed by atoms with Gasteiger partial charge in [-0.1, -0.05) is 6.42 Å². The molecule has 0 aromatic heterocycles. The third-order valence-corrected chi connectivity index (χ3v) is 4.40. The van der Waals surface area contributed by atoms with Crippen LogP contribution in [0, 0.1) is 0 Å². The van der Waals surface area contributed by atoms with Crippen molar-refractivity contribution in [2.75, 3.05) is 6.26 Å². The van der Waals surface area contributed by atoms with Crippen LogP contribution >= 0.6 is 11.8 Å². The highest BCUT2D eigenvalue weighted by Crippen LogP contribution is 2.26. The molecular weight excluding hydrogens is 282 g/mol. The molecule has 0 bridgehead atoms. The predicted octanol–water partition coefficient (Wildman–Crippen LogP) is 0.288. The molecule has 1 aliphatic rings. The normalized spacial score (nSPS) is 23.6. The summed E-state index contributed by atoms with van der Waals surface area (Å²) >= 11 is 1.78. The van der Waals surface area contributed by atoms with Gasteiger partial charge in [0, 0.05) is 11.3 Å². The smallest absolute Gasteiger partial charge is 0.326 e. The first-order valence-electron chi connectivity index (χ1n) is 6.53. The number of primary amides is 1. The largest absolute Gasteiger partial charge is 0.480 e. The Morgan fingerprint density at radius 2 is 2.10 bits per heavy atom. The van der Waals surface area contributed by atoms with Gasteiger partial charge < -0.3 is 21.5 Å². The van der Waals surface area contributed by atoms with E-state index in [-0.39, 0.29) is 6.04 Å². The van der Waals surface area contributed by atoms with E-state index in [0.29, 0.717) is 5.25 Å². The Balaban J connectivity index is 2.44. The highest BCUT2D eigenvalue weighted by molar-refractivity contribution is 7.99. The highest BCUT2D eigenvalue weighted by atomic mass is 32.2. The Kier molecular flexibility index (Phi) is 6.63. The van der Waals surface area contributed by atoms with E-state index in [1.165, 1.54) is 0 Å². The van der Waals surface area contributed by atoms with Gasteiger partial charge in [0.05, 0.1) is 6.42 Å². The third-order valence-electron chi connectivity index (χ3n) is 3.30. The number of carbonyl (C=O) groups excluding carboxylic acids is 2. The molecule has 0 aliphatic heterocycles. The zero-order valence-corrected chi connectivity index (χ0v) is 12.2. The van der Waals surface area contributed by atoms with Crippen LogP contribution in [0.5, 0.6) is 0 Å². The highest BCUT2D eigenvalue weighted by Gasteiger charge is 2.26. The van der Waals surface area contributed by atoms with E-state index in [9.17, 15) is 14.4 Å². The van der Waals surface area contributed by atoms with Gasteiger partial charge in [-0.25, -0.2) is 9.59 Å². The fourth-order valence-electron chi connectivity index (χ4n) is 2.28. The number of aliphatic carboxylic acids is 1. The van der Waals surface area contributed by atoms with Crippen LogP contribution < -0.4 is 16.4 Å². The van der Waals surface area contributed by atoms with Crippen LogP contribution in [0.1, 0.15) is 32.1 Å². The average molecular weight is 303 g/mol. The number of urea groups is 1. The lowest BCUT2D eigenvalue weighted by Gasteiger charge is -2.29. The van der Waals surface area contributed by atoms with Crippen LogP contribution in [0.15, 0.2) is 0 Å². The van der Waals surface area contributed by atoms with Crippen molar-refractivity contribution in [2.45, 2.75) is 49.4 Å². The van der Waals surface area contributed by atoms with Crippen LogP contribution in [0.3, 0.4) is 0 Å². The Bertz CT molecular complexity index is 378. The third kappa shape index (κ3) is 5.68. The molecule has 7 nitrogen and oxygen atoms in total. The van der Waals surface area contributed by atoms with Crippen molar-refractivity contribution in [2.24, 2.45) is 5.73 Å². The summed E-state index contributed by atoms with van der Waals surface area (Å²) in [5, 5.41) is 14.5. The number of carboxylic acids is 1. The van der Waals surface area contributed by atoms with E-state index in [1.54, 1.807) is 11.8 Å². The fraction of sp³-hybridized carbons (Fsp3) is 0.750. The van der Waals surface area contributed by atoms with E-state index in [4.69, 9.17) is 10.8 Å². The van der Waals surface area contributed by atoms with E-state index >= 15 is 0 Å². The lowest BCUT2D eigenvalue weighted by molar-refractivity contribution is -0.140. The molecule has 0 aromatic rings. The summed E-state index contributed by atoms with van der Waals surface area (Å²) in [5.74, 6) is -2.04. The van der Waals surface area contributed by atoms with Crippen LogP contribution in [0.4, 0.5) is 4.79 Å². The topological polar surface area (TPSA) is 122 Å². The zero-order valence-electron chi connectivity index (χ0n) is 11.4. The van der Waals surface area contributed by atoms with Crippen molar-refractivity contribution >= 4 is 29.7 Å². The predicted molar refractivity (Wildman–Crippen MR) is 76.5 cm³/mol. The van der Waals surface area contributed by atoms with E-state index in [0.717, 1.165) is 25.7 Å². The molecule has 3 amide bonds.